The van der Waals surface area contributed by atoms with Crippen LogP contribution in [0.15, 0.2) is 72.8 Å². The first kappa shape index (κ1) is 18.4. The monoisotopic (exact) mass is 410 g/mol. The Morgan fingerprint density at radius 1 is 0.933 bits per heavy atom. The van der Waals surface area contributed by atoms with Gasteiger partial charge in [-0.15, -0.1) is 10.2 Å². The van der Waals surface area contributed by atoms with Gasteiger partial charge in [-0.05, 0) is 29.3 Å². The number of aromatic nitrogens is 3. The predicted molar refractivity (Wildman–Crippen MR) is 122 cm³/mol. The fourth-order valence-corrected chi connectivity index (χ4v) is 4.24. The third-order valence-corrected chi connectivity index (χ3v) is 6.00. The molecule has 0 spiro atoms. The third kappa shape index (κ3) is 3.31. The first-order valence-electron chi connectivity index (χ1n) is 9.74. The van der Waals surface area contributed by atoms with Crippen molar-refractivity contribution in [3.63, 3.8) is 0 Å². The highest BCUT2D eigenvalue weighted by atomic mass is 32.1. The van der Waals surface area contributed by atoms with Crippen LogP contribution < -0.4 is 5.32 Å². The molecule has 0 unspecified atom stereocenters. The summed E-state index contributed by atoms with van der Waals surface area (Å²) < 4.78 is 0. The van der Waals surface area contributed by atoms with Gasteiger partial charge in [0, 0.05) is 10.9 Å². The van der Waals surface area contributed by atoms with Gasteiger partial charge in [0.15, 0.2) is 0 Å². The minimum absolute atomic E-state index is 0.214. The van der Waals surface area contributed by atoms with Crippen molar-refractivity contribution in [3.8, 4) is 11.3 Å². The fraction of sp³-hybridized carbons (Fsp3) is 0.0833. The van der Waals surface area contributed by atoms with Gasteiger partial charge in [-0.25, -0.2) is 4.98 Å². The number of hydrogen-bond donors (Lipinski definition) is 1. The zero-order chi connectivity index (χ0) is 20.5. The molecule has 3 aromatic carbocycles. The number of carbonyl (C=O) groups excluding carboxylic acids is 1. The van der Waals surface area contributed by atoms with E-state index in [9.17, 15) is 4.79 Å². The van der Waals surface area contributed by atoms with E-state index in [1.807, 2.05) is 61.5 Å². The molecular formula is C24H18N4OS. The second kappa shape index (κ2) is 7.65. The van der Waals surface area contributed by atoms with E-state index >= 15 is 0 Å². The average Bonchev–Trinajstić information content (AvgIpc) is 3.25. The Bertz CT molecular complexity index is 1390. The number of carbonyl (C=O) groups is 1. The highest BCUT2D eigenvalue weighted by Gasteiger charge is 2.16. The topological polar surface area (TPSA) is 67.8 Å². The number of nitrogens with zero attached hydrogens (tertiary/aromatic N) is 3. The number of rotatable bonds is 4. The number of amides is 1. The Labute approximate surface area is 177 Å². The number of fused-ring (bicyclic) bond motifs is 2. The lowest BCUT2D eigenvalue weighted by Crippen LogP contribution is -2.13. The van der Waals surface area contributed by atoms with E-state index in [0.717, 1.165) is 44.4 Å². The maximum Gasteiger partial charge on any atom is 0.258 e. The van der Waals surface area contributed by atoms with E-state index in [1.165, 1.54) is 11.3 Å². The second-order valence-electron chi connectivity index (χ2n) is 6.91. The van der Waals surface area contributed by atoms with Crippen LogP contribution in [0.5, 0.6) is 0 Å². The number of benzene rings is 3. The lowest BCUT2D eigenvalue weighted by atomic mass is 9.99. The van der Waals surface area contributed by atoms with Crippen LogP contribution in [0.2, 0.25) is 0 Å². The standard InChI is InChI=1S/C24H18N4OS/c1-2-22-27-28-24(30-22)26-23(29)19-14-21(25-20-13-6-5-11-18(19)20)17-12-7-9-15-8-3-4-10-16(15)17/h3-14H,2H2,1H3,(H,26,28,29). The fourth-order valence-electron chi connectivity index (χ4n) is 3.56. The molecule has 0 radical (unpaired) electrons. The minimum atomic E-state index is -0.214. The largest absolute Gasteiger partial charge is 0.296 e. The van der Waals surface area contributed by atoms with Crippen molar-refractivity contribution in [2.45, 2.75) is 13.3 Å². The van der Waals surface area contributed by atoms with E-state index in [0.29, 0.717) is 10.7 Å². The van der Waals surface area contributed by atoms with Gasteiger partial charge in [0.1, 0.15) is 5.01 Å². The van der Waals surface area contributed by atoms with E-state index in [4.69, 9.17) is 4.98 Å². The molecule has 0 aliphatic heterocycles. The molecule has 5 aromatic rings. The molecule has 0 saturated heterocycles. The van der Waals surface area contributed by atoms with Gasteiger partial charge < -0.3 is 0 Å². The number of pyridine rings is 1. The zero-order valence-electron chi connectivity index (χ0n) is 16.3. The summed E-state index contributed by atoms with van der Waals surface area (Å²) in [6.07, 6.45) is 0.789. The van der Waals surface area contributed by atoms with Crippen LogP contribution >= 0.6 is 11.3 Å². The Morgan fingerprint density at radius 3 is 2.53 bits per heavy atom. The Hall–Kier alpha value is -3.64. The SMILES string of the molecule is CCc1nnc(NC(=O)c2cc(-c3cccc4ccccc34)nc3ccccc23)s1. The molecule has 1 amide bonds. The Balaban J connectivity index is 1.65. The van der Waals surface area contributed by atoms with Crippen molar-refractivity contribution in [2.75, 3.05) is 5.32 Å². The van der Waals surface area contributed by atoms with Crippen LogP contribution in [0.4, 0.5) is 5.13 Å². The molecule has 6 heteroatoms. The third-order valence-electron chi connectivity index (χ3n) is 5.02. The van der Waals surface area contributed by atoms with Crippen molar-refractivity contribution < 1.29 is 4.79 Å². The van der Waals surface area contributed by atoms with Crippen LogP contribution in [-0.4, -0.2) is 21.1 Å². The zero-order valence-corrected chi connectivity index (χ0v) is 17.1. The average molecular weight is 411 g/mol. The summed E-state index contributed by atoms with van der Waals surface area (Å²) in [5, 5.41) is 15.5. The van der Waals surface area contributed by atoms with Gasteiger partial charge in [0.05, 0.1) is 16.8 Å². The van der Waals surface area contributed by atoms with Crippen LogP contribution in [0.3, 0.4) is 0 Å². The number of para-hydroxylation sites is 1. The van der Waals surface area contributed by atoms with Crippen molar-refractivity contribution in [3.05, 3.63) is 83.4 Å². The quantitative estimate of drug-likeness (QED) is 0.411. The summed E-state index contributed by atoms with van der Waals surface area (Å²) in [6.45, 7) is 2.01. The number of hydrogen-bond acceptors (Lipinski definition) is 5. The molecular weight excluding hydrogens is 392 g/mol. The molecule has 0 saturated carbocycles. The molecule has 30 heavy (non-hydrogen) atoms. The lowest BCUT2D eigenvalue weighted by Gasteiger charge is -2.11. The van der Waals surface area contributed by atoms with Crippen molar-refractivity contribution in [1.82, 2.24) is 15.2 Å². The van der Waals surface area contributed by atoms with Gasteiger partial charge in [-0.1, -0.05) is 78.9 Å². The number of nitrogens with one attached hydrogen (secondary N) is 1. The first-order valence-corrected chi connectivity index (χ1v) is 10.6. The first-order chi connectivity index (χ1) is 14.7. The summed E-state index contributed by atoms with van der Waals surface area (Å²) in [6, 6.07) is 23.9. The summed E-state index contributed by atoms with van der Waals surface area (Å²) in [4.78, 5) is 18.0. The van der Waals surface area contributed by atoms with Crippen molar-refractivity contribution >= 4 is 44.1 Å². The smallest absolute Gasteiger partial charge is 0.258 e. The molecule has 0 atom stereocenters. The van der Waals surface area contributed by atoms with Crippen molar-refractivity contribution in [1.29, 1.82) is 0 Å². The number of aryl methyl sites for hydroxylation is 1. The van der Waals surface area contributed by atoms with Crippen LogP contribution in [-0.2, 0) is 6.42 Å². The van der Waals surface area contributed by atoms with Gasteiger partial charge in [0.2, 0.25) is 5.13 Å². The van der Waals surface area contributed by atoms with Crippen LogP contribution in [0.1, 0.15) is 22.3 Å². The highest BCUT2D eigenvalue weighted by Crippen LogP contribution is 2.31. The normalized spacial score (nSPS) is 11.1. The van der Waals surface area contributed by atoms with Crippen LogP contribution in [0.25, 0.3) is 32.9 Å². The molecule has 2 heterocycles. The second-order valence-corrected chi connectivity index (χ2v) is 7.97. The molecule has 5 nitrogen and oxygen atoms in total. The maximum absolute atomic E-state index is 13.2. The summed E-state index contributed by atoms with van der Waals surface area (Å²) in [5.41, 5.74) is 3.11. The molecule has 1 N–H and O–H groups in total. The lowest BCUT2D eigenvalue weighted by molar-refractivity contribution is 0.102. The van der Waals surface area contributed by atoms with E-state index in [-0.39, 0.29) is 5.91 Å². The molecule has 146 valence electrons. The van der Waals surface area contributed by atoms with Crippen LogP contribution in [0, 0.1) is 0 Å². The summed E-state index contributed by atoms with van der Waals surface area (Å²) in [5.74, 6) is -0.214. The van der Waals surface area contributed by atoms with Gasteiger partial charge in [0.25, 0.3) is 5.91 Å². The Morgan fingerprint density at radius 2 is 1.70 bits per heavy atom. The van der Waals surface area contributed by atoms with Crippen molar-refractivity contribution in [2.24, 2.45) is 0 Å². The molecule has 5 rings (SSSR count). The maximum atomic E-state index is 13.2. The molecule has 2 aromatic heterocycles. The molecule has 0 aliphatic carbocycles. The van der Waals surface area contributed by atoms with Gasteiger partial charge in [-0.3, -0.25) is 10.1 Å². The summed E-state index contributed by atoms with van der Waals surface area (Å²) in [7, 11) is 0. The Kier molecular flexibility index (Phi) is 4.69. The minimum Gasteiger partial charge on any atom is -0.296 e. The molecule has 0 bridgehead atoms. The molecule has 0 aliphatic rings. The van der Waals surface area contributed by atoms with Gasteiger partial charge in [-0.2, -0.15) is 0 Å². The highest BCUT2D eigenvalue weighted by molar-refractivity contribution is 7.15. The predicted octanol–water partition coefficient (Wildman–Crippen LogP) is 5.72. The van der Waals surface area contributed by atoms with E-state index in [2.05, 4.69) is 33.7 Å². The number of anilines is 1. The molecule has 0 fully saturated rings. The summed E-state index contributed by atoms with van der Waals surface area (Å²) >= 11 is 1.39. The van der Waals surface area contributed by atoms with E-state index in [1.54, 1.807) is 0 Å². The van der Waals surface area contributed by atoms with Gasteiger partial charge >= 0.3 is 0 Å². The van der Waals surface area contributed by atoms with E-state index < -0.39 is 0 Å².